The number of benzene rings is 2. The number of ether oxygens (including phenoxy) is 1. The maximum Gasteiger partial charge on any atom is 0.243 e. The summed E-state index contributed by atoms with van der Waals surface area (Å²) < 4.78 is 35.4. The average Bonchev–Trinajstić information content (AvgIpc) is 3.28. The average molecular weight is 588 g/mol. The summed E-state index contributed by atoms with van der Waals surface area (Å²) in [5.41, 5.74) is 1.77. The van der Waals surface area contributed by atoms with Gasteiger partial charge in [0.25, 0.3) is 0 Å². The van der Waals surface area contributed by atoms with Gasteiger partial charge in [-0.15, -0.1) is 0 Å². The summed E-state index contributed by atoms with van der Waals surface area (Å²) in [4.78, 5) is 4.69. The minimum Gasteiger partial charge on any atom is -0.507 e. The molecule has 2 aromatic carbocycles. The molecule has 194 valence electrons. The summed E-state index contributed by atoms with van der Waals surface area (Å²) in [6.45, 7) is 1.26. The molecule has 12 heteroatoms. The normalized spacial score (nSPS) is 16.6. The van der Waals surface area contributed by atoms with Crippen molar-refractivity contribution >= 4 is 37.4 Å². The van der Waals surface area contributed by atoms with Gasteiger partial charge < -0.3 is 20.3 Å². The Bertz CT molecular complexity index is 1560. The molecule has 1 aliphatic rings. The van der Waals surface area contributed by atoms with E-state index >= 15 is 0 Å². The first-order valence-corrected chi connectivity index (χ1v) is 13.9. The van der Waals surface area contributed by atoms with Crippen LogP contribution in [0.3, 0.4) is 0 Å². The van der Waals surface area contributed by atoms with Crippen molar-refractivity contribution in [1.82, 2.24) is 18.9 Å². The molecule has 2 aromatic heterocycles. The smallest absolute Gasteiger partial charge is 0.243 e. The SMILES string of the molecule is COc1ccc(S(=O)(=O)N2CCCC(CNc3cc(-c4ccccc4O)nc4c(Br)cnn34)C2)cc1O. The molecule has 37 heavy (non-hydrogen) atoms. The van der Waals surface area contributed by atoms with Gasteiger partial charge in [0.1, 0.15) is 11.6 Å². The number of nitrogens with one attached hydrogen (secondary N) is 1. The summed E-state index contributed by atoms with van der Waals surface area (Å²) in [5, 5.41) is 28.2. The van der Waals surface area contributed by atoms with Gasteiger partial charge in [-0.05, 0) is 59.0 Å². The number of phenols is 2. The van der Waals surface area contributed by atoms with Crippen molar-refractivity contribution in [3.63, 3.8) is 0 Å². The number of hydrogen-bond acceptors (Lipinski definition) is 8. The summed E-state index contributed by atoms with van der Waals surface area (Å²) in [6.07, 6.45) is 3.23. The van der Waals surface area contributed by atoms with Crippen LogP contribution in [0.2, 0.25) is 0 Å². The molecule has 10 nitrogen and oxygen atoms in total. The maximum absolute atomic E-state index is 13.3. The van der Waals surface area contributed by atoms with Crippen LogP contribution in [0.5, 0.6) is 17.2 Å². The Morgan fingerprint density at radius 1 is 1.16 bits per heavy atom. The Kier molecular flexibility index (Phi) is 6.97. The van der Waals surface area contributed by atoms with Gasteiger partial charge in [0.05, 0.1) is 28.4 Å². The number of aromatic nitrogens is 3. The van der Waals surface area contributed by atoms with Crippen LogP contribution in [0.15, 0.2) is 64.1 Å². The van der Waals surface area contributed by atoms with Gasteiger partial charge in [-0.3, -0.25) is 0 Å². The number of halogens is 1. The Hall–Kier alpha value is -3.35. The van der Waals surface area contributed by atoms with Crippen LogP contribution in [0.4, 0.5) is 5.82 Å². The van der Waals surface area contributed by atoms with Crippen LogP contribution >= 0.6 is 15.9 Å². The van der Waals surface area contributed by atoms with E-state index < -0.39 is 10.0 Å². The fourth-order valence-electron chi connectivity index (χ4n) is 4.53. The molecule has 0 radical (unpaired) electrons. The molecule has 0 saturated carbocycles. The number of sulfonamides is 1. The molecule has 4 aromatic rings. The van der Waals surface area contributed by atoms with Crippen LogP contribution in [-0.2, 0) is 10.0 Å². The first-order valence-electron chi connectivity index (χ1n) is 11.7. The topological polar surface area (TPSA) is 129 Å². The van der Waals surface area contributed by atoms with Crippen LogP contribution in [0.1, 0.15) is 12.8 Å². The number of aromatic hydroxyl groups is 2. The molecule has 0 aliphatic carbocycles. The molecular weight excluding hydrogens is 562 g/mol. The second-order valence-electron chi connectivity index (χ2n) is 8.86. The third-order valence-corrected chi connectivity index (χ3v) is 8.87. The fraction of sp³-hybridized carbons (Fsp3) is 0.280. The predicted octanol–water partition coefficient (Wildman–Crippen LogP) is 4.09. The second kappa shape index (κ2) is 10.2. The molecule has 3 N–H and O–H groups in total. The van der Waals surface area contributed by atoms with Gasteiger partial charge in [0, 0.05) is 37.3 Å². The van der Waals surface area contributed by atoms with E-state index in [4.69, 9.17) is 4.74 Å². The predicted molar refractivity (Wildman–Crippen MR) is 142 cm³/mol. The molecule has 0 bridgehead atoms. The monoisotopic (exact) mass is 587 g/mol. The molecule has 5 rings (SSSR count). The quantitative estimate of drug-likeness (QED) is 0.295. The number of fused-ring (bicyclic) bond motifs is 1. The van der Waals surface area contributed by atoms with Gasteiger partial charge in [-0.2, -0.15) is 13.9 Å². The second-order valence-corrected chi connectivity index (χ2v) is 11.6. The molecule has 1 saturated heterocycles. The lowest BCUT2D eigenvalue weighted by Gasteiger charge is -2.32. The number of methoxy groups -OCH3 is 1. The van der Waals surface area contributed by atoms with Crippen LogP contribution in [0.25, 0.3) is 16.9 Å². The lowest BCUT2D eigenvalue weighted by atomic mass is 10.00. The largest absolute Gasteiger partial charge is 0.507 e. The summed E-state index contributed by atoms with van der Waals surface area (Å²) in [5.74, 6) is 0.849. The van der Waals surface area contributed by atoms with Crippen LogP contribution in [-0.4, -0.2) is 64.3 Å². The van der Waals surface area contributed by atoms with Crippen molar-refractivity contribution in [3.05, 3.63) is 59.2 Å². The van der Waals surface area contributed by atoms with Gasteiger partial charge in [-0.1, -0.05) is 12.1 Å². The number of anilines is 1. The van der Waals surface area contributed by atoms with Gasteiger partial charge >= 0.3 is 0 Å². The molecule has 1 aliphatic heterocycles. The number of hydrogen-bond donors (Lipinski definition) is 3. The van der Waals surface area contributed by atoms with Gasteiger partial charge in [-0.25, -0.2) is 13.4 Å². The van der Waals surface area contributed by atoms with Gasteiger partial charge in [0.15, 0.2) is 17.1 Å². The van der Waals surface area contributed by atoms with Crippen molar-refractivity contribution in [2.24, 2.45) is 5.92 Å². The number of piperidine rings is 1. The molecule has 1 fully saturated rings. The zero-order valence-electron chi connectivity index (χ0n) is 20.0. The van der Waals surface area contributed by atoms with Crippen molar-refractivity contribution in [1.29, 1.82) is 0 Å². The van der Waals surface area contributed by atoms with E-state index in [1.54, 1.807) is 28.9 Å². The molecule has 3 heterocycles. The zero-order chi connectivity index (χ0) is 26.2. The van der Waals surface area contributed by atoms with E-state index in [1.807, 2.05) is 12.1 Å². The zero-order valence-corrected chi connectivity index (χ0v) is 22.4. The Morgan fingerprint density at radius 3 is 2.73 bits per heavy atom. The van der Waals surface area contributed by atoms with Gasteiger partial charge in [0.2, 0.25) is 10.0 Å². The number of rotatable bonds is 7. The minimum absolute atomic E-state index is 0.0314. The molecule has 0 amide bonds. The molecule has 1 atom stereocenters. The van der Waals surface area contributed by atoms with Crippen LogP contribution < -0.4 is 10.1 Å². The number of phenolic OH excluding ortho intramolecular Hbond substituents is 2. The molecule has 0 spiro atoms. The Morgan fingerprint density at radius 2 is 1.97 bits per heavy atom. The highest BCUT2D eigenvalue weighted by Crippen LogP contribution is 2.33. The highest BCUT2D eigenvalue weighted by Gasteiger charge is 2.31. The number of nitrogens with zero attached hydrogens (tertiary/aromatic N) is 4. The van der Waals surface area contributed by atoms with E-state index in [1.165, 1.54) is 29.6 Å². The summed E-state index contributed by atoms with van der Waals surface area (Å²) in [7, 11) is -2.36. The van der Waals surface area contributed by atoms with Crippen molar-refractivity contribution < 1.29 is 23.4 Å². The Balaban J connectivity index is 1.36. The molecular formula is C25H26BrN5O5S. The summed E-state index contributed by atoms with van der Waals surface area (Å²) in [6, 6.07) is 12.9. The first kappa shape index (κ1) is 25.3. The number of para-hydroxylation sites is 1. The minimum atomic E-state index is -3.78. The van der Waals surface area contributed by atoms with Crippen LogP contribution in [0, 0.1) is 5.92 Å². The Labute approximate surface area is 222 Å². The van der Waals surface area contributed by atoms with Crippen molar-refractivity contribution in [2.75, 3.05) is 32.1 Å². The van der Waals surface area contributed by atoms with E-state index in [-0.39, 0.29) is 28.1 Å². The lowest BCUT2D eigenvalue weighted by Crippen LogP contribution is -2.41. The van der Waals surface area contributed by atoms with E-state index in [9.17, 15) is 18.6 Å². The van der Waals surface area contributed by atoms with E-state index in [2.05, 4.69) is 31.3 Å². The fourth-order valence-corrected chi connectivity index (χ4v) is 6.45. The molecule has 1 unspecified atom stereocenters. The maximum atomic E-state index is 13.3. The summed E-state index contributed by atoms with van der Waals surface area (Å²) >= 11 is 3.48. The van der Waals surface area contributed by atoms with E-state index in [0.29, 0.717) is 46.8 Å². The highest BCUT2D eigenvalue weighted by atomic mass is 79.9. The lowest BCUT2D eigenvalue weighted by molar-refractivity contribution is 0.275. The highest BCUT2D eigenvalue weighted by molar-refractivity contribution is 9.10. The van der Waals surface area contributed by atoms with E-state index in [0.717, 1.165) is 12.8 Å². The third kappa shape index (κ3) is 4.96. The first-order chi connectivity index (χ1) is 17.8. The third-order valence-electron chi connectivity index (χ3n) is 6.45. The van der Waals surface area contributed by atoms with Crippen molar-refractivity contribution in [3.8, 4) is 28.5 Å². The standard InChI is InChI=1S/C25H26BrN5O5S/c1-36-23-9-8-17(11-22(23)33)37(34,35)30-10-4-5-16(15-30)13-27-24-12-20(18-6-2-3-7-21(18)32)29-25-19(26)14-28-31(24)25/h2-3,6-9,11-12,14,16,27,32-33H,4-5,10,13,15H2,1H3. The van der Waals surface area contributed by atoms with Crippen molar-refractivity contribution in [2.45, 2.75) is 17.7 Å².